The van der Waals surface area contributed by atoms with Gasteiger partial charge in [0.2, 0.25) is 0 Å². The van der Waals surface area contributed by atoms with Gasteiger partial charge in [-0.2, -0.15) is 0 Å². The van der Waals surface area contributed by atoms with Crippen LogP contribution < -0.4 is 4.90 Å². The predicted molar refractivity (Wildman–Crippen MR) is 110 cm³/mol. The van der Waals surface area contributed by atoms with Crippen LogP contribution >= 0.6 is 0 Å². The smallest absolute Gasteiger partial charge is 0.133 e. The molecule has 0 saturated heterocycles. The molecule has 0 aliphatic heterocycles. The first-order valence-corrected chi connectivity index (χ1v) is 9.40. The quantitative estimate of drug-likeness (QED) is 0.352. The summed E-state index contributed by atoms with van der Waals surface area (Å²) in [6.07, 6.45) is 5.71. The highest BCUT2D eigenvalue weighted by Gasteiger charge is 2.11. The van der Waals surface area contributed by atoms with Gasteiger partial charge in [-0.15, -0.1) is 0 Å². The zero-order valence-corrected chi connectivity index (χ0v) is 15.5. The van der Waals surface area contributed by atoms with Gasteiger partial charge >= 0.3 is 0 Å². The maximum atomic E-state index is 5.50. The third-order valence-electron chi connectivity index (χ3n) is 4.70. The van der Waals surface area contributed by atoms with E-state index in [1.165, 1.54) is 11.4 Å². The Morgan fingerprint density at radius 1 is 0.667 bits per heavy atom. The molecule has 0 fully saturated rings. The summed E-state index contributed by atoms with van der Waals surface area (Å²) >= 11 is 0. The number of anilines is 2. The molecule has 3 nitrogen and oxygen atoms in total. The van der Waals surface area contributed by atoms with Crippen LogP contribution in [0, 0.1) is 0 Å². The molecule has 0 unspecified atom stereocenters. The monoisotopic (exact) mass is 357 g/mol. The fraction of sp³-hybridized carbons (Fsp3) is 0.167. The molecule has 0 spiro atoms. The van der Waals surface area contributed by atoms with E-state index in [1.807, 2.05) is 24.3 Å². The van der Waals surface area contributed by atoms with Gasteiger partial charge < -0.3 is 13.7 Å². The van der Waals surface area contributed by atoms with Crippen molar-refractivity contribution in [3.8, 4) is 22.6 Å². The zero-order valence-electron chi connectivity index (χ0n) is 15.5. The van der Waals surface area contributed by atoms with Crippen LogP contribution in [0.4, 0.5) is 11.4 Å². The summed E-state index contributed by atoms with van der Waals surface area (Å²) in [6.45, 7) is 3.20. The summed E-state index contributed by atoms with van der Waals surface area (Å²) in [7, 11) is 0. The van der Waals surface area contributed by atoms with Crippen LogP contribution in [0.2, 0.25) is 0 Å². The molecule has 0 bridgehead atoms. The number of rotatable bonds is 7. The van der Waals surface area contributed by atoms with E-state index in [4.69, 9.17) is 8.83 Å². The lowest BCUT2D eigenvalue weighted by Crippen LogP contribution is -2.18. The first-order valence-electron chi connectivity index (χ1n) is 9.40. The second-order valence-electron chi connectivity index (χ2n) is 6.55. The third-order valence-corrected chi connectivity index (χ3v) is 4.70. The lowest BCUT2D eigenvalue weighted by molar-refractivity contribution is 0.582. The van der Waals surface area contributed by atoms with Crippen LogP contribution in [0.1, 0.15) is 19.8 Å². The highest BCUT2D eigenvalue weighted by molar-refractivity contribution is 5.70. The number of benzene rings is 2. The van der Waals surface area contributed by atoms with Gasteiger partial charge in [0.1, 0.15) is 11.5 Å². The fourth-order valence-corrected chi connectivity index (χ4v) is 3.22. The second-order valence-corrected chi connectivity index (χ2v) is 6.55. The Morgan fingerprint density at radius 2 is 1.15 bits per heavy atom. The summed E-state index contributed by atoms with van der Waals surface area (Å²) in [4.78, 5) is 2.36. The molecule has 3 heteroatoms. The first kappa shape index (κ1) is 17.2. The Balaban J connectivity index is 1.61. The van der Waals surface area contributed by atoms with Crippen molar-refractivity contribution in [1.82, 2.24) is 0 Å². The van der Waals surface area contributed by atoms with Crippen LogP contribution in [-0.2, 0) is 0 Å². The minimum absolute atomic E-state index is 0.893. The molecule has 4 rings (SSSR count). The Bertz CT molecular complexity index is 859. The van der Waals surface area contributed by atoms with E-state index >= 15 is 0 Å². The normalized spacial score (nSPS) is 10.9. The first-order chi connectivity index (χ1) is 13.3. The van der Waals surface area contributed by atoms with Gasteiger partial charge in [0.05, 0.1) is 12.5 Å². The minimum atomic E-state index is 0.893. The van der Waals surface area contributed by atoms with Gasteiger partial charge in [-0.3, -0.25) is 0 Å². The average molecular weight is 357 g/mol. The van der Waals surface area contributed by atoms with Gasteiger partial charge in [0.25, 0.3) is 0 Å². The Kier molecular flexibility index (Phi) is 5.10. The van der Waals surface area contributed by atoms with E-state index in [-0.39, 0.29) is 0 Å². The van der Waals surface area contributed by atoms with Gasteiger partial charge in [0, 0.05) is 29.0 Å². The number of hydrogen-bond donors (Lipinski definition) is 0. The topological polar surface area (TPSA) is 29.5 Å². The Labute approximate surface area is 159 Å². The highest BCUT2D eigenvalue weighted by atomic mass is 16.3. The van der Waals surface area contributed by atoms with Crippen molar-refractivity contribution >= 4 is 11.4 Å². The van der Waals surface area contributed by atoms with Crippen LogP contribution in [0.5, 0.6) is 0 Å². The molecular weight excluding hydrogens is 334 g/mol. The number of furan rings is 2. The van der Waals surface area contributed by atoms with Gasteiger partial charge in [-0.1, -0.05) is 13.3 Å². The minimum Gasteiger partial charge on any atom is -0.464 e. The molecule has 2 aromatic carbocycles. The SMILES string of the molecule is CCCCN(c1ccc(-c2ccco2)cc1)c1ccc(-c2ccco2)cc1. The van der Waals surface area contributed by atoms with Crippen LogP contribution in [0.25, 0.3) is 22.6 Å². The van der Waals surface area contributed by atoms with Crippen LogP contribution in [-0.4, -0.2) is 6.54 Å². The molecule has 0 amide bonds. The molecule has 2 heterocycles. The van der Waals surface area contributed by atoms with Crippen LogP contribution in [0.15, 0.2) is 94.2 Å². The van der Waals surface area contributed by atoms with Crippen molar-refractivity contribution in [2.24, 2.45) is 0 Å². The summed E-state index contributed by atoms with van der Waals surface area (Å²) in [5.74, 6) is 1.79. The molecule has 0 atom stereocenters. The van der Waals surface area contributed by atoms with E-state index in [0.717, 1.165) is 42.0 Å². The van der Waals surface area contributed by atoms with Crippen molar-refractivity contribution in [3.05, 3.63) is 85.3 Å². The lowest BCUT2D eigenvalue weighted by Gasteiger charge is -2.25. The molecule has 0 aliphatic rings. The number of hydrogen-bond acceptors (Lipinski definition) is 3. The van der Waals surface area contributed by atoms with Crippen molar-refractivity contribution in [3.63, 3.8) is 0 Å². The van der Waals surface area contributed by atoms with E-state index < -0.39 is 0 Å². The lowest BCUT2D eigenvalue weighted by atomic mass is 10.1. The van der Waals surface area contributed by atoms with Crippen molar-refractivity contribution in [2.75, 3.05) is 11.4 Å². The van der Waals surface area contributed by atoms with Gasteiger partial charge in [-0.25, -0.2) is 0 Å². The van der Waals surface area contributed by atoms with Gasteiger partial charge in [-0.05, 0) is 79.2 Å². The molecule has 136 valence electrons. The summed E-state index contributed by atoms with van der Waals surface area (Å²) < 4.78 is 11.0. The maximum Gasteiger partial charge on any atom is 0.133 e. The van der Waals surface area contributed by atoms with Crippen LogP contribution in [0.3, 0.4) is 0 Å². The van der Waals surface area contributed by atoms with Crippen molar-refractivity contribution in [1.29, 1.82) is 0 Å². The molecule has 2 aromatic heterocycles. The molecule has 0 radical (unpaired) electrons. The molecule has 0 N–H and O–H groups in total. The van der Waals surface area contributed by atoms with Crippen molar-refractivity contribution in [2.45, 2.75) is 19.8 Å². The Morgan fingerprint density at radius 3 is 1.52 bits per heavy atom. The average Bonchev–Trinajstić information content (AvgIpc) is 3.44. The van der Waals surface area contributed by atoms with E-state index in [0.29, 0.717) is 0 Å². The summed E-state index contributed by atoms with van der Waals surface area (Å²) in [5.41, 5.74) is 4.55. The molecule has 4 aromatic rings. The van der Waals surface area contributed by atoms with E-state index in [1.54, 1.807) is 12.5 Å². The standard InChI is InChI=1S/C24H23NO2/c1-2-3-16-25(21-12-8-19(9-13-21)23-6-4-17-26-23)22-14-10-20(11-15-22)24-7-5-18-27-24/h4-15,17-18H,2-3,16H2,1H3. The maximum absolute atomic E-state index is 5.50. The predicted octanol–water partition coefficient (Wildman–Crippen LogP) is 7.14. The number of unbranched alkanes of at least 4 members (excludes halogenated alkanes) is 1. The third kappa shape index (κ3) is 3.82. The Hall–Kier alpha value is -3.20. The van der Waals surface area contributed by atoms with Crippen molar-refractivity contribution < 1.29 is 8.83 Å². The summed E-state index contributed by atoms with van der Waals surface area (Å²) in [6, 6.07) is 24.9. The van der Waals surface area contributed by atoms with E-state index in [2.05, 4.69) is 60.4 Å². The highest BCUT2D eigenvalue weighted by Crippen LogP contribution is 2.30. The molecule has 27 heavy (non-hydrogen) atoms. The zero-order chi connectivity index (χ0) is 18.5. The fourth-order valence-electron chi connectivity index (χ4n) is 3.22. The molecule has 0 aliphatic carbocycles. The molecule has 0 saturated carbocycles. The van der Waals surface area contributed by atoms with E-state index in [9.17, 15) is 0 Å². The molecular formula is C24H23NO2. The number of nitrogens with zero attached hydrogens (tertiary/aromatic N) is 1. The largest absolute Gasteiger partial charge is 0.464 e. The van der Waals surface area contributed by atoms with Gasteiger partial charge in [0.15, 0.2) is 0 Å². The summed E-state index contributed by atoms with van der Waals surface area (Å²) in [5, 5.41) is 0. The second kappa shape index (κ2) is 8.00.